The summed E-state index contributed by atoms with van der Waals surface area (Å²) < 4.78 is 4.54. The smallest absolute Gasteiger partial charge is 0.0702 e. The first-order valence-corrected chi connectivity index (χ1v) is 6.27. The third kappa shape index (κ3) is 4.72. The summed E-state index contributed by atoms with van der Waals surface area (Å²) in [4.78, 5) is 4.89. The first-order chi connectivity index (χ1) is 9.38. The SMILES string of the molecule is NOOSc1ccc(NN=Cc2ccccc2)cc1. The van der Waals surface area contributed by atoms with Crippen LogP contribution in [0.5, 0.6) is 0 Å². The van der Waals surface area contributed by atoms with Crippen LogP contribution in [0.25, 0.3) is 0 Å². The molecule has 0 aliphatic heterocycles. The van der Waals surface area contributed by atoms with Gasteiger partial charge in [0.15, 0.2) is 0 Å². The number of nitrogens with two attached hydrogens (primary N) is 1. The zero-order chi connectivity index (χ0) is 13.3. The minimum absolute atomic E-state index is 0.878. The molecule has 0 radical (unpaired) electrons. The maximum Gasteiger partial charge on any atom is 0.0702 e. The van der Waals surface area contributed by atoms with Crippen molar-refractivity contribution in [1.82, 2.24) is 0 Å². The Kier molecular flexibility index (Phi) is 5.39. The Morgan fingerprint density at radius 3 is 2.47 bits per heavy atom. The van der Waals surface area contributed by atoms with Crippen molar-refractivity contribution in [2.24, 2.45) is 11.0 Å². The summed E-state index contributed by atoms with van der Waals surface area (Å²) >= 11 is 1.04. The van der Waals surface area contributed by atoms with Crippen molar-refractivity contribution in [3.63, 3.8) is 0 Å². The lowest BCUT2D eigenvalue weighted by Gasteiger charge is -2.01. The maximum atomic E-state index is 4.75. The standard InChI is InChI=1S/C13H13N3O2S/c14-17-18-19-13-8-6-12(7-9-13)16-15-10-11-4-2-1-3-5-11/h1-10,16H,14H2. The fourth-order valence-corrected chi connectivity index (χ4v) is 1.73. The molecule has 2 aromatic rings. The summed E-state index contributed by atoms with van der Waals surface area (Å²) in [6, 6.07) is 17.3. The molecule has 0 aliphatic carbocycles. The summed E-state index contributed by atoms with van der Waals surface area (Å²) in [7, 11) is 0. The zero-order valence-corrected chi connectivity index (χ0v) is 10.8. The van der Waals surface area contributed by atoms with Crippen LogP contribution in [0.15, 0.2) is 64.6 Å². The van der Waals surface area contributed by atoms with Gasteiger partial charge in [-0.05, 0) is 29.8 Å². The van der Waals surface area contributed by atoms with E-state index in [0.717, 1.165) is 28.2 Å². The number of hydrogen-bond acceptors (Lipinski definition) is 6. The predicted octanol–water partition coefficient (Wildman–Crippen LogP) is 2.96. The lowest BCUT2D eigenvalue weighted by Crippen LogP contribution is -1.94. The quantitative estimate of drug-likeness (QED) is 0.367. The van der Waals surface area contributed by atoms with E-state index in [1.54, 1.807) is 6.21 Å². The van der Waals surface area contributed by atoms with Crippen LogP contribution in [-0.2, 0) is 9.32 Å². The van der Waals surface area contributed by atoms with Crippen LogP contribution >= 0.6 is 12.0 Å². The van der Waals surface area contributed by atoms with Crippen LogP contribution in [0.4, 0.5) is 5.69 Å². The van der Waals surface area contributed by atoms with Gasteiger partial charge in [-0.15, -0.1) is 9.32 Å². The number of benzene rings is 2. The summed E-state index contributed by atoms with van der Waals surface area (Å²) in [6.45, 7) is 0. The molecule has 0 saturated carbocycles. The van der Waals surface area contributed by atoms with Gasteiger partial charge >= 0.3 is 0 Å². The van der Waals surface area contributed by atoms with Crippen molar-refractivity contribution in [3.05, 3.63) is 60.2 Å². The molecule has 0 heterocycles. The highest BCUT2D eigenvalue weighted by Crippen LogP contribution is 2.20. The van der Waals surface area contributed by atoms with Crippen LogP contribution in [-0.4, -0.2) is 6.21 Å². The van der Waals surface area contributed by atoms with Gasteiger partial charge < -0.3 is 0 Å². The highest BCUT2D eigenvalue weighted by molar-refractivity contribution is 7.94. The number of nitrogens with one attached hydrogen (secondary N) is 1. The maximum absolute atomic E-state index is 4.75. The monoisotopic (exact) mass is 275 g/mol. The van der Waals surface area contributed by atoms with Crippen molar-refractivity contribution >= 4 is 23.9 Å². The molecule has 0 unspecified atom stereocenters. The Labute approximate surface area is 115 Å². The molecule has 0 fully saturated rings. The second-order valence-electron chi connectivity index (χ2n) is 3.55. The molecule has 0 saturated heterocycles. The van der Waals surface area contributed by atoms with Gasteiger partial charge in [0.2, 0.25) is 0 Å². The average Bonchev–Trinajstić information content (AvgIpc) is 2.47. The largest absolute Gasteiger partial charge is 0.279 e. The molecule has 19 heavy (non-hydrogen) atoms. The van der Waals surface area contributed by atoms with E-state index in [1.165, 1.54) is 0 Å². The normalized spacial score (nSPS) is 10.8. The van der Waals surface area contributed by atoms with Crippen molar-refractivity contribution in [3.8, 4) is 0 Å². The second kappa shape index (κ2) is 7.55. The van der Waals surface area contributed by atoms with E-state index in [0.29, 0.717) is 0 Å². The first-order valence-electron chi connectivity index (χ1n) is 5.53. The van der Waals surface area contributed by atoms with Gasteiger partial charge in [0.25, 0.3) is 0 Å². The fourth-order valence-electron chi connectivity index (χ4n) is 1.36. The Hall–Kier alpha value is -1.86. The molecule has 2 aromatic carbocycles. The third-order valence-corrected chi connectivity index (χ3v) is 2.84. The molecule has 3 N–H and O–H groups in total. The van der Waals surface area contributed by atoms with Crippen LogP contribution in [0, 0.1) is 0 Å². The lowest BCUT2D eigenvalue weighted by molar-refractivity contribution is -0.195. The summed E-state index contributed by atoms with van der Waals surface area (Å²) in [5.74, 6) is 4.75. The first kappa shape index (κ1) is 13.6. The minimum Gasteiger partial charge on any atom is -0.279 e. The van der Waals surface area contributed by atoms with Gasteiger partial charge in [0, 0.05) is 4.90 Å². The van der Waals surface area contributed by atoms with E-state index in [9.17, 15) is 0 Å². The molecule has 5 nitrogen and oxygen atoms in total. The summed E-state index contributed by atoms with van der Waals surface area (Å²) in [6.07, 6.45) is 1.76. The molecule has 0 amide bonds. The molecule has 2 rings (SSSR count). The molecule has 0 bridgehead atoms. The number of rotatable bonds is 6. The molecule has 6 heteroatoms. The summed E-state index contributed by atoms with van der Waals surface area (Å²) in [5.41, 5.74) is 4.86. The number of nitrogens with zero attached hydrogens (tertiary/aromatic N) is 1. The Balaban J connectivity index is 1.88. The van der Waals surface area contributed by atoms with Crippen molar-refractivity contribution in [2.45, 2.75) is 4.90 Å². The van der Waals surface area contributed by atoms with Crippen molar-refractivity contribution in [1.29, 1.82) is 0 Å². The third-order valence-electron chi connectivity index (χ3n) is 2.23. The highest BCUT2D eigenvalue weighted by Gasteiger charge is 1.95. The number of hydrazone groups is 1. The van der Waals surface area contributed by atoms with Gasteiger partial charge in [-0.3, -0.25) is 5.43 Å². The zero-order valence-electron chi connectivity index (χ0n) is 10.0. The fraction of sp³-hybridized carbons (Fsp3) is 0. The molecule has 0 aliphatic rings. The van der Waals surface area contributed by atoms with Crippen LogP contribution in [0.1, 0.15) is 5.56 Å². The summed E-state index contributed by atoms with van der Waals surface area (Å²) in [5, 5.41) is 4.15. The minimum atomic E-state index is 0.878. The van der Waals surface area contributed by atoms with Crippen LogP contribution in [0.3, 0.4) is 0 Å². The Morgan fingerprint density at radius 2 is 1.79 bits per heavy atom. The van der Waals surface area contributed by atoms with Crippen molar-refractivity contribution < 1.29 is 9.32 Å². The van der Waals surface area contributed by atoms with Gasteiger partial charge in [0.1, 0.15) is 0 Å². The topological polar surface area (TPSA) is 68.9 Å². The van der Waals surface area contributed by atoms with E-state index in [1.807, 2.05) is 54.6 Å². The van der Waals surface area contributed by atoms with E-state index in [2.05, 4.69) is 19.8 Å². The number of hydrogen-bond donors (Lipinski definition) is 2. The molecule has 98 valence electrons. The Bertz CT molecular complexity index is 517. The molecule has 0 spiro atoms. The van der Waals surface area contributed by atoms with E-state index in [-0.39, 0.29) is 0 Å². The van der Waals surface area contributed by atoms with Gasteiger partial charge in [-0.25, -0.2) is 0 Å². The Morgan fingerprint density at radius 1 is 1.05 bits per heavy atom. The van der Waals surface area contributed by atoms with Crippen molar-refractivity contribution in [2.75, 3.05) is 5.43 Å². The molecule has 0 aromatic heterocycles. The highest BCUT2D eigenvalue weighted by atomic mass is 32.2. The van der Waals surface area contributed by atoms with E-state index >= 15 is 0 Å². The van der Waals surface area contributed by atoms with Gasteiger partial charge in [0.05, 0.1) is 23.9 Å². The van der Waals surface area contributed by atoms with Gasteiger partial charge in [-0.1, -0.05) is 30.3 Å². The average molecular weight is 275 g/mol. The van der Waals surface area contributed by atoms with Crippen LogP contribution in [0.2, 0.25) is 0 Å². The second-order valence-corrected chi connectivity index (χ2v) is 4.33. The lowest BCUT2D eigenvalue weighted by atomic mass is 10.2. The number of anilines is 1. The molecule has 0 atom stereocenters. The predicted molar refractivity (Wildman–Crippen MR) is 76.3 cm³/mol. The molecular formula is C13H13N3O2S. The van der Waals surface area contributed by atoms with E-state index < -0.39 is 0 Å². The molecular weight excluding hydrogens is 262 g/mol. The van der Waals surface area contributed by atoms with Crippen LogP contribution < -0.4 is 11.3 Å². The van der Waals surface area contributed by atoms with Gasteiger partial charge in [-0.2, -0.15) is 11.0 Å². The van der Waals surface area contributed by atoms with E-state index in [4.69, 9.17) is 5.90 Å².